The van der Waals surface area contributed by atoms with Crippen molar-refractivity contribution in [3.63, 3.8) is 0 Å². The normalized spacial score (nSPS) is 15.9. The molecule has 2 aromatic rings. The summed E-state index contributed by atoms with van der Waals surface area (Å²) in [4.78, 5) is 16.2. The number of carbonyl (C=O) groups is 1. The summed E-state index contributed by atoms with van der Waals surface area (Å²) in [5, 5.41) is 10.4. The molecule has 0 aliphatic carbocycles. The number of carbonyl (C=O) groups excluding carboxylic acids is 1. The molecule has 1 amide bonds. The highest BCUT2D eigenvalue weighted by molar-refractivity contribution is 14.0. The molecule has 150 valence electrons. The van der Waals surface area contributed by atoms with Gasteiger partial charge in [-0.2, -0.15) is 0 Å². The van der Waals surface area contributed by atoms with Crippen molar-refractivity contribution in [2.24, 2.45) is 4.99 Å². The molecule has 3 N–H and O–H groups in total. The van der Waals surface area contributed by atoms with Crippen LogP contribution in [-0.2, 0) is 11.2 Å². The van der Waals surface area contributed by atoms with Gasteiger partial charge in [0.2, 0.25) is 5.91 Å². The minimum Gasteiger partial charge on any atom is -0.356 e. The van der Waals surface area contributed by atoms with E-state index >= 15 is 0 Å². The maximum absolute atomic E-state index is 11.9. The van der Waals surface area contributed by atoms with Crippen LogP contribution in [0.4, 0.5) is 5.69 Å². The van der Waals surface area contributed by atoms with Crippen LogP contribution < -0.4 is 16.0 Å². The number of anilines is 1. The Kier molecular flexibility index (Phi) is 9.05. The van der Waals surface area contributed by atoms with E-state index in [0.29, 0.717) is 13.0 Å². The third-order valence-corrected chi connectivity index (χ3v) is 5.09. The van der Waals surface area contributed by atoms with Crippen LogP contribution in [0.25, 0.3) is 0 Å². The molecular weight excluding hydrogens is 487 g/mol. The van der Waals surface area contributed by atoms with Crippen molar-refractivity contribution in [1.82, 2.24) is 10.6 Å². The van der Waals surface area contributed by atoms with Crippen molar-refractivity contribution in [1.29, 1.82) is 0 Å². The predicted octanol–water partition coefficient (Wildman–Crippen LogP) is 4.18. The lowest BCUT2D eigenvalue weighted by Gasteiger charge is -2.26. The fourth-order valence-corrected chi connectivity index (χ4v) is 3.54. The molecule has 0 bridgehead atoms. The number of guanidine groups is 1. The van der Waals surface area contributed by atoms with Crippen molar-refractivity contribution in [3.8, 4) is 0 Å². The number of benzene rings is 2. The SMILES string of the molecule is CN=C(NCCCc1ccccc1Cl)NCC1CC(=O)Nc2ccccc21.I. The minimum atomic E-state index is 0. The van der Waals surface area contributed by atoms with Gasteiger partial charge in [0.15, 0.2) is 5.96 Å². The van der Waals surface area contributed by atoms with Gasteiger partial charge >= 0.3 is 0 Å². The van der Waals surface area contributed by atoms with Crippen molar-refractivity contribution >= 4 is 53.1 Å². The molecule has 0 spiro atoms. The van der Waals surface area contributed by atoms with Crippen LogP contribution in [-0.4, -0.2) is 32.0 Å². The van der Waals surface area contributed by atoms with Gasteiger partial charge in [-0.1, -0.05) is 48.0 Å². The molecule has 1 heterocycles. The molecular formula is C21H26ClIN4O. The molecule has 0 radical (unpaired) electrons. The van der Waals surface area contributed by atoms with E-state index in [-0.39, 0.29) is 35.8 Å². The van der Waals surface area contributed by atoms with Crippen LogP contribution in [0.1, 0.15) is 29.9 Å². The number of nitrogens with one attached hydrogen (secondary N) is 3. The number of hydrogen-bond donors (Lipinski definition) is 3. The smallest absolute Gasteiger partial charge is 0.225 e. The second-order valence-electron chi connectivity index (χ2n) is 6.61. The van der Waals surface area contributed by atoms with Gasteiger partial charge in [0.1, 0.15) is 0 Å². The Morgan fingerprint density at radius 1 is 1.18 bits per heavy atom. The van der Waals surface area contributed by atoms with Gasteiger partial charge in [-0.05, 0) is 36.1 Å². The summed E-state index contributed by atoms with van der Waals surface area (Å²) in [6.07, 6.45) is 2.35. The Morgan fingerprint density at radius 2 is 1.93 bits per heavy atom. The largest absolute Gasteiger partial charge is 0.356 e. The summed E-state index contributed by atoms with van der Waals surface area (Å²) in [7, 11) is 1.75. The molecule has 7 heteroatoms. The van der Waals surface area contributed by atoms with E-state index in [1.54, 1.807) is 7.05 Å². The Balaban J connectivity index is 0.00000280. The molecule has 2 aromatic carbocycles. The van der Waals surface area contributed by atoms with Crippen molar-refractivity contribution in [3.05, 3.63) is 64.7 Å². The lowest BCUT2D eigenvalue weighted by molar-refractivity contribution is -0.116. The van der Waals surface area contributed by atoms with E-state index in [1.165, 1.54) is 5.56 Å². The van der Waals surface area contributed by atoms with E-state index < -0.39 is 0 Å². The molecule has 0 saturated carbocycles. The highest BCUT2D eigenvalue weighted by Crippen LogP contribution is 2.31. The highest BCUT2D eigenvalue weighted by Gasteiger charge is 2.24. The quantitative estimate of drug-likeness (QED) is 0.235. The summed E-state index contributed by atoms with van der Waals surface area (Å²) >= 11 is 6.19. The number of fused-ring (bicyclic) bond motifs is 1. The number of rotatable bonds is 6. The number of para-hydroxylation sites is 1. The number of amides is 1. The first-order valence-corrected chi connectivity index (χ1v) is 9.62. The molecule has 1 atom stereocenters. The zero-order valence-corrected chi connectivity index (χ0v) is 19.0. The summed E-state index contributed by atoms with van der Waals surface area (Å²) in [5.74, 6) is 0.942. The highest BCUT2D eigenvalue weighted by atomic mass is 127. The summed E-state index contributed by atoms with van der Waals surface area (Å²) in [5.41, 5.74) is 3.23. The van der Waals surface area contributed by atoms with Gasteiger partial charge in [-0.15, -0.1) is 24.0 Å². The monoisotopic (exact) mass is 512 g/mol. The van der Waals surface area contributed by atoms with Gasteiger partial charge < -0.3 is 16.0 Å². The van der Waals surface area contributed by atoms with E-state index in [2.05, 4.69) is 33.1 Å². The molecule has 5 nitrogen and oxygen atoms in total. The summed E-state index contributed by atoms with van der Waals surface area (Å²) in [6.45, 7) is 1.46. The first-order chi connectivity index (χ1) is 13.2. The van der Waals surface area contributed by atoms with Crippen LogP contribution in [0.2, 0.25) is 5.02 Å². The number of hydrogen-bond acceptors (Lipinski definition) is 2. The Bertz CT molecular complexity index is 828. The maximum atomic E-state index is 11.9. The third-order valence-electron chi connectivity index (χ3n) is 4.72. The second kappa shape index (κ2) is 11.3. The first kappa shape index (κ1) is 22.5. The predicted molar refractivity (Wildman–Crippen MR) is 127 cm³/mol. The van der Waals surface area contributed by atoms with Crippen LogP contribution in [0.15, 0.2) is 53.5 Å². The Hall–Kier alpha value is -1.80. The molecule has 28 heavy (non-hydrogen) atoms. The average molecular weight is 513 g/mol. The lowest BCUT2D eigenvalue weighted by Crippen LogP contribution is -2.41. The zero-order chi connectivity index (χ0) is 19.1. The van der Waals surface area contributed by atoms with Crippen molar-refractivity contribution in [2.75, 3.05) is 25.5 Å². The fraction of sp³-hybridized carbons (Fsp3) is 0.333. The van der Waals surface area contributed by atoms with Gasteiger partial charge in [-0.3, -0.25) is 9.79 Å². The minimum absolute atomic E-state index is 0. The van der Waals surface area contributed by atoms with E-state index in [1.807, 2.05) is 36.4 Å². The van der Waals surface area contributed by atoms with Gasteiger partial charge in [0, 0.05) is 43.2 Å². The zero-order valence-electron chi connectivity index (χ0n) is 15.9. The summed E-state index contributed by atoms with van der Waals surface area (Å²) in [6, 6.07) is 15.9. The van der Waals surface area contributed by atoms with Crippen molar-refractivity contribution < 1.29 is 4.79 Å². The topological polar surface area (TPSA) is 65.5 Å². The molecule has 0 saturated heterocycles. The van der Waals surface area contributed by atoms with Crippen LogP contribution >= 0.6 is 35.6 Å². The van der Waals surface area contributed by atoms with E-state index in [9.17, 15) is 4.79 Å². The Morgan fingerprint density at radius 3 is 2.71 bits per heavy atom. The number of halogens is 2. The second-order valence-corrected chi connectivity index (χ2v) is 7.02. The average Bonchev–Trinajstić information content (AvgIpc) is 2.68. The van der Waals surface area contributed by atoms with Gasteiger partial charge in [0.05, 0.1) is 0 Å². The van der Waals surface area contributed by atoms with Gasteiger partial charge in [0.25, 0.3) is 0 Å². The molecule has 1 unspecified atom stereocenters. The third kappa shape index (κ3) is 6.10. The maximum Gasteiger partial charge on any atom is 0.225 e. The van der Waals surface area contributed by atoms with Crippen molar-refractivity contribution in [2.45, 2.75) is 25.2 Å². The molecule has 0 fully saturated rings. The first-order valence-electron chi connectivity index (χ1n) is 9.24. The summed E-state index contributed by atoms with van der Waals surface area (Å²) < 4.78 is 0. The van der Waals surface area contributed by atoms with Crippen LogP contribution in [0, 0.1) is 0 Å². The molecule has 0 aromatic heterocycles. The fourth-order valence-electron chi connectivity index (χ4n) is 3.31. The number of nitrogens with zero attached hydrogens (tertiary/aromatic N) is 1. The number of aliphatic imine (C=N–C) groups is 1. The van der Waals surface area contributed by atoms with Gasteiger partial charge in [-0.25, -0.2) is 0 Å². The van der Waals surface area contributed by atoms with E-state index in [4.69, 9.17) is 11.6 Å². The Labute approximate surface area is 188 Å². The standard InChI is InChI=1S/C21H25ClN4O.HI/c1-23-21(24-12-6-8-15-7-2-4-10-18(15)22)25-14-16-13-20(27)26-19-11-5-3-9-17(16)19;/h2-5,7,9-11,16H,6,8,12-14H2,1H3,(H,26,27)(H2,23,24,25);1H. The van der Waals surface area contributed by atoms with Crippen LogP contribution in [0.5, 0.6) is 0 Å². The molecule has 1 aliphatic heterocycles. The molecule has 3 rings (SSSR count). The lowest BCUT2D eigenvalue weighted by atomic mass is 9.90. The van der Waals surface area contributed by atoms with E-state index in [0.717, 1.165) is 41.6 Å². The van der Waals surface area contributed by atoms with Crippen LogP contribution in [0.3, 0.4) is 0 Å². The number of aryl methyl sites for hydroxylation is 1. The molecule has 1 aliphatic rings.